The number of hydrogen-bond donors (Lipinski definition) is 7. The molecule has 27 heavy (non-hydrogen) atoms. The lowest BCUT2D eigenvalue weighted by Gasteiger charge is -2.21. The Bertz CT molecular complexity index is 555. The van der Waals surface area contributed by atoms with Crippen LogP contribution in [0.15, 0.2) is 0 Å². The van der Waals surface area contributed by atoms with Crippen LogP contribution in [0.5, 0.6) is 0 Å². The van der Waals surface area contributed by atoms with Gasteiger partial charge >= 0.3 is 11.9 Å². The summed E-state index contributed by atoms with van der Waals surface area (Å²) in [6.45, 7) is 1.09. The van der Waals surface area contributed by atoms with Crippen molar-refractivity contribution < 1.29 is 34.2 Å². The van der Waals surface area contributed by atoms with Gasteiger partial charge < -0.3 is 37.6 Å². The first-order valence-electron chi connectivity index (χ1n) is 8.36. The van der Waals surface area contributed by atoms with Crippen LogP contribution in [0, 0.1) is 0 Å². The number of carboxylic acids is 2. The van der Waals surface area contributed by atoms with E-state index in [1.54, 1.807) is 0 Å². The van der Waals surface area contributed by atoms with Crippen molar-refractivity contribution in [2.45, 2.75) is 50.7 Å². The van der Waals surface area contributed by atoms with Crippen molar-refractivity contribution in [3.05, 3.63) is 0 Å². The zero-order valence-corrected chi connectivity index (χ0v) is 15.1. The molecule has 0 bridgehead atoms. The van der Waals surface area contributed by atoms with Crippen LogP contribution in [-0.4, -0.2) is 71.1 Å². The van der Waals surface area contributed by atoms with Crippen molar-refractivity contribution in [3.63, 3.8) is 0 Å². The molecule has 0 spiro atoms. The molecule has 0 aromatic carbocycles. The fourth-order valence-corrected chi connectivity index (χ4v) is 1.99. The van der Waals surface area contributed by atoms with Gasteiger partial charge in [-0.15, -0.1) is 0 Å². The first-order chi connectivity index (χ1) is 12.6. The molecule has 0 saturated carbocycles. The van der Waals surface area contributed by atoms with Gasteiger partial charge in [-0.1, -0.05) is 6.42 Å². The van der Waals surface area contributed by atoms with Gasteiger partial charge in [0.1, 0.15) is 18.6 Å². The third kappa shape index (κ3) is 10.8. The van der Waals surface area contributed by atoms with Crippen molar-refractivity contribution in [1.29, 1.82) is 0 Å². The highest BCUT2D eigenvalue weighted by molar-refractivity contribution is 5.94. The third-order valence-electron chi connectivity index (χ3n) is 3.48. The van der Waals surface area contributed by atoms with Crippen LogP contribution in [0.3, 0.4) is 0 Å². The molecule has 3 amide bonds. The van der Waals surface area contributed by atoms with Crippen molar-refractivity contribution in [2.75, 3.05) is 13.1 Å². The minimum atomic E-state index is -1.49. The summed E-state index contributed by atoms with van der Waals surface area (Å²) in [5, 5.41) is 23.9. The highest BCUT2D eigenvalue weighted by Crippen LogP contribution is 2.00. The second-order valence-electron chi connectivity index (χ2n) is 5.89. The van der Waals surface area contributed by atoms with E-state index in [4.69, 9.17) is 21.7 Å². The molecule has 0 aliphatic heterocycles. The first-order valence-corrected chi connectivity index (χ1v) is 8.36. The van der Waals surface area contributed by atoms with Crippen LogP contribution >= 0.6 is 0 Å². The van der Waals surface area contributed by atoms with E-state index in [0.717, 1.165) is 0 Å². The first kappa shape index (κ1) is 24.3. The van der Waals surface area contributed by atoms with Gasteiger partial charge in [-0.05, 0) is 26.3 Å². The van der Waals surface area contributed by atoms with E-state index >= 15 is 0 Å². The standard InChI is InChI=1S/C15H27N5O7/c1-8(19-14(26)9(17)4-2-3-5-16)13(25)20-10(6-11(21)22)15(27)18-7-12(23)24/h8-10H,2-7,16-17H2,1H3,(H,18,27)(H,19,26)(H,20,25)(H,21,22)(H,23,24). The lowest BCUT2D eigenvalue weighted by molar-refractivity contribution is -0.141. The number of nitrogens with two attached hydrogens (primary N) is 2. The van der Waals surface area contributed by atoms with E-state index in [1.165, 1.54) is 6.92 Å². The molecule has 0 aromatic heterocycles. The van der Waals surface area contributed by atoms with E-state index in [2.05, 4.69) is 10.6 Å². The number of rotatable bonds is 13. The van der Waals surface area contributed by atoms with E-state index in [9.17, 15) is 24.0 Å². The van der Waals surface area contributed by atoms with Gasteiger partial charge in [-0.25, -0.2) is 0 Å². The average Bonchev–Trinajstić information content (AvgIpc) is 2.58. The Kier molecular flexibility index (Phi) is 11.3. The number of carbonyl (C=O) groups is 5. The quantitative estimate of drug-likeness (QED) is 0.161. The lowest BCUT2D eigenvalue weighted by Crippen LogP contribution is -2.55. The molecule has 3 atom stereocenters. The predicted molar refractivity (Wildman–Crippen MR) is 93.3 cm³/mol. The van der Waals surface area contributed by atoms with Crippen molar-refractivity contribution in [3.8, 4) is 0 Å². The molecule has 0 radical (unpaired) electrons. The molecule has 0 rings (SSSR count). The molecular formula is C15H27N5O7. The number of amides is 3. The van der Waals surface area contributed by atoms with Gasteiger partial charge in [0, 0.05) is 0 Å². The van der Waals surface area contributed by atoms with Crippen molar-refractivity contribution in [1.82, 2.24) is 16.0 Å². The minimum absolute atomic E-state index is 0.386. The monoisotopic (exact) mass is 389 g/mol. The zero-order chi connectivity index (χ0) is 21.0. The Morgan fingerprint density at radius 3 is 2.07 bits per heavy atom. The summed E-state index contributed by atoms with van der Waals surface area (Å²) >= 11 is 0. The molecule has 3 unspecified atom stereocenters. The van der Waals surface area contributed by atoms with Crippen LogP contribution in [0.2, 0.25) is 0 Å². The second kappa shape index (κ2) is 12.6. The molecule has 0 heterocycles. The predicted octanol–water partition coefficient (Wildman–Crippen LogP) is -2.89. The van der Waals surface area contributed by atoms with Gasteiger partial charge in [0.25, 0.3) is 0 Å². The van der Waals surface area contributed by atoms with Gasteiger partial charge in [0.2, 0.25) is 17.7 Å². The maximum atomic E-state index is 12.1. The summed E-state index contributed by atoms with van der Waals surface area (Å²) in [7, 11) is 0. The molecule has 12 nitrogen and oxygen atoms in total. The van der Waals surface area contributed by atoms with Crippen LogP contribution < -0.4 is 27.4 Å². The van der Waals surface area contributed by atoms with Crippen LogP contribution in [0.25, 0.3) is 0 Å². The Morgan fingerprint density at radius 1 is 0.926 bits per heavy atom. The molecule has 0 aromatic rings. The fraction of sp³-hybridized carbons (Fsp3) is 0.667. The summed E-state index contributed by atoms with van der Waals surface area (Å²) in [4.78, 5) is 57.2. The summed E-state index contributed by atoms with van der Waals surface area (Å²) < 4.78 is 0. The van der Waals surface area contributed by atoms with Gasteiger partial charge in [-0.3, -0.25) is 24.0 Å². The Morgan fingerprint density at radius 2 is 1.56 bits per heavy atom. The highest BCUT2D eigenvalue weighted by Gasteiger charge is 2.27. The summed E-state index contributed by atoms with van der Waals surface area (Å²) in [5.41, 5.74) is 11.1. The topological polar surface area (TPSA) is 214 Å². The molecular weight excluding hydrogens is 362 g/mol. The van der Waals surface area contributed by atoms with Gasteiger partial charge in [-0.2, -0.15) is 0 Å². The van der Waals surface area contributed by atoms with Gasteiger partial charge in [0.15, 0.2) is 0 Å². The lowest BCUT2D eigenvalue weighted by atomic mass is 10.1. The molecule has 154 valence electrons. The minimum Gasteiger partial charge on any atom is -0.481 e. The summed E-state index contributed by atoms with van der Waals surface area (Å²) in [6.07, 6.45) is 0.989. The van der Waals surface area contributed by atoms with Crippen molar-refractivity contribution in [2.24, 2.45) is 11.5 Å². The summed E-state index contributed by atoms with van der Waals surface area (Å²) in [5.74, 6) is -5.04. The number of carboxylic acid groups (broad SMARTS) is 2. The van der Waals surface area contributed by atoms with E-state index in [1.807, 2.05) is 5.32 Å². The maximum Gasteiger partial charge on any atom is 0.322 e. The Balaban J connectivity index is 4.71. The van der Waals surface area contributed by atoms with E-state index in [0.29, 0.717) is 25.8 Å². The second-order valence-corrected chi connectivity index (χ2v) is 5.89. The number of unbranched alkanes of at least 4 members (excludes halogenated alkanes) is 1. The molecule has 9 N–H and O–H groups in total. The maximum absolute atomic E-state index is 12.1. The Hall–Kier alpha value is -2.73. The largest absolute Gasteiger partial charge is 0.481 e. The fourth-order valence-electron chi connectivity index (χ4n) is 1.99. The van der Waals surface area contributed by atoms with E-state index < -0.39 is 60.8 Å². The Labute approximate surface area is 156 Å². The molecule has 12 heteroatoms. The average molecular weight is 389 g/mol. The number of aliphatic carboxylic acids is 2. The molecule has 0 aliphatic carbocycles. The molecule has 0 aliphatic rings. The molecule has 0 saturated heterocycles. The highest BCUT2D eigenvalue weighted by atomic mass is 16.4. The SMILES string of the molecule is CC(NC(=O)C(N)CCCCN)C(=O)NC(CC(=O)O)C(=O)NCC(=O)O. The normalized spacial score (nSPS) is 13.7. The number of nitrogens with one attached hydrogen (secondary N) is 3. The summed E-state index contributed by atoms with van der Waals surface area (Å²) in [6, 6.07) is -3.41. The van der Waals surface area contributed by atoms with Crippen LogP contribution in [0.4, 0.5) is 0 Å². The third-order valence-corrected chi connectivity index (χ3v) is 3.48. The number of hydrogen-bond acceptors (Lipinski definition) is 7. The molecule has 0 fully saturated rings. The zero-order valence-electron chi connectivity index (χ0n) is 15.1. The number of carbonyl (C=O) groups excluding carboxylic acids is 3. The van der Waals surface area contributed by atoms with Crippen LogP contribution in [-0.2, 0) is 24.0 Å². The smallest absolute Gasteiger partial charge is 0.322 e. The van der Waals surface area contributed by atoms with E-state index in [-0.39, 0.29) is 0 Å². The van der Waals surface area contributed by atoms with Gasteiger partial charge in [0.05, 0.1) is 12.5 Å². The van der Waals surface area contributed by atoms with Crippen molar-refractivity contribution >= 4 is 29.7 Å². The van der Waals surface area contributed by atoms with Crippen LogP contribution in [0.1, 0.15) is 32.6 Å².